The van der Waals surface area contributed by atoms with Gasteiger partial charge in [-0.1, -0.05) is 54.3 Å². The Morgan fingerprint density at radius 1 is 0.955 bits per heavy atom. The van der Waals surface area contributed by atoms with Crippen LogP contribution in [0.1, 0.15) is 19.8 Å². The molecule has 1 nitrogen and oxygen atoms in total. The predicted octanol–water partition coefficient (Wildman–Crippen LogP) is 4.77. The Labute approximate surface area is 135 Å². The Hall–Kier alpha value is -1.95. The van der Waals surface area contributed by atoms with E-state index in [-0.39, 0.29) is 6.10 Å². The molecule has 0 saturated carbocycles. The van der Waals surface area contributed by atoms with E-state index in [1.807, 2.05) is 12.1 Å². The molecule has 1 unspecified atom stereocenters. The minimum atomic E-state index is -0.392. The molecule has 22 heavy (non-hydrogen) atoms. The van der Waals surface area contributed by atoms with Crippen molar-refractivity contribution in [2.45, 2.75) is 35.7 Å². The molecule has 110 valence electrons. The molecule has 3 rings (SSSR count). The quantitative estimate of drug-likeness (QED) is 0.571. The van der Waals surface area contributed by atoms with Crippen LogP contribution >= 0.6 is 0 Å². The van der Waals surface area contributed by atoms with E-state index in [0.717, 1.165) is 18.4 Å². The van der Waals surface area contributed by atoms with Crippen LogP contribution in [-0.4, -0.2) is 6.10 Å². The maximum atomic E-state index is 6.42. The first kappa shape index (κ1) is 15.0. The molecule has 0 amide bonds. The summed E-state index contributed by atoms with van der Waals surface area (Å²) in [6.45, 7) is 2.09. The van der Waals surface area contributed by atoms with Crippen LogP contribution < -0.4 is 0 Å². The molecule has 0 heterocycles. The summed E-state index contributed by atoms with van der Waals surface area (Å²) in [5.41, 5.74) is 1.11. The monoisotopic (exact) mass is 307 g/mol. The summed E-state index contributed by atoms with van der Waals surface area (Å²) in [5, 5.41) is 0. The summed E-state index contributed by atoms with van der Waals surface area (Å²) < 4.78 is 6.42. The lowest BCUT2D eigenvalue weighted by molar-refractivity contribution is 0.299. The molecule has 1 aliphatic rings. The Morgan fingerprint density at radius 2 is 1.55 bits per heavy atom. The van der Waals surface area contributed by atoms with Crippen molar-refractivity contribution in [1.29, 1.82) is 0 Å². The van der Waals surface area contributed by atoms with E-state index in [2.05, 4.69) is 73.4 Å². The third-order valence-electron chi connectivity index (χ3n) is 3.46. The van der Waals surface area contributed by atoms with Crippen molar-refractivity contribution in [1.82, 2.24) is 0 Å². The second kappa shape index (κ2) is 7.35. The smallest absolute Gasteiger partial charge is 0.153 e. The maximum Gasteiger partial charge on any atom is 0.223 e. The van der Waals surface area contributed by atoms with E-state index >= 15 is 0 Å². The standard InChI is InChI=1S/C20H19OS/c1-17(18-11-5-2-6-12-18)21-22(19-13-7-3-8-14-19)20-15-9-4-10-16-20/h3-4,7-11,13-17H,2,5H2,1H3/q+1. The van der Waals surface area contributed by atoms with Crippen LogP contribution in [0.25, 0.3) is 0 Å². The maximum absolute atomic E-state index is 6.42. The molecule has 0 spiro atoms. The summed E-state index contributed by atoms with van der Waals surface area (Å²) in [6.07, 6.45) is 4.20. The second-order valence-corrected chi connectivity index (χ2v) is 6.81. The summed E-state index contributed by atoms with van der Waals surface area (Å²) in [4.78, 5) is 2.40. The van der Waals surface area contributed by atoms with Gasteiger partial charge in [-0.2, -0.15) is 4.18 Å². The molecule has 2 aromatic carbocycles. The first-order valence-corrected chi connectivity index (χ1v) is 8.70. The fraction of sp³-hybridized carbons (Fsp3) is 0.200. The third-order valence-corrected chi connectivity index (χ3v) is 5.34. The van der Waals surface area contributed by atoms with Gasteiger partial charge >= 0.3 is 0 Å². The zero-order valence-electron chi connectivity index (χ0n) is 12.7. The van der Waals surface area contributed by atoms with Crippen molar-refractivity contribution < 1.29 is 4.18 Å². The highest BCUT2D eigenvalue weighted by Gasteiger charge is 2.31. The highest BCUT2D eigenvalue weighted by atomic mass is 32.2. The van der Waals surface area contributed by atoms with Crippen LogP contribution in [0.5, 0.6) is 0 Å². The molecule has 0 aliphatic heterocycles. The number of allylic oxidation sites excluding steroid dienone is 1. The van der Waals surface area contributed by atoms with Crippen molar-refractivity contribution in [3.05, 3.63) is 72.3 Å². The Kier molecular flexibility index (Phi) is 5.00. The lowest BCUT2D eigenvalue weighted by Gasteiger charge is -2.13. The van der Waals surface area contributed by atoms with Gasteiger partial charge < -0.3 is 0 Å². The lowest BCUT2D eigenvalue weighted by atomic mass is 10.1. The number of hydrogen-bond acceptors (Lipinski definition) is 1. The minimum Gasteiger partial charge on any atom is -0.153 e. The molecule has 2 heteroatoms. The fourth-order valence-electron chi connectivity index (χ4n) is 2.31. The van der Waals surface area contributed by atoms with Gasteiger partial charge in [-0.25, -0.2) is 0 Å². The fourth-order valence-corrected chi connectivity index (χ4v) is 4.01. The van der Waals surface area contributed by atoms with Crippen LogP contribution in [-0.2, 0) is 15.4 Å². The SMILES string of the molecule is CC(O[S+](c1ccccc1)c1ccccc1)C1=CCCC#C1. The number of rotatable bonds is 5. The van der Waals surface area contributed by atoms with Crippen LogP contribution in [0, 0.1) is 11.8 Å². The molecule has 2 aromatic rings. The van der Waals surface area contributed by atoms with Crippen molar-refractivity contribution >= 4 is 11.2 Å². The molecule has 0 aromatic heterocycles. The molecule has 0 bridgehead atoms. The summed E-state index contributed by atoms with van der Waals surface area (Å²) in [7, 11) is 0. The van der Waals surface area contributed by atoms with Crippen LogP contribution in [0.3, 0.4) is 0 Å². The van der Waals surface area contributed by atoms with E-state index in [4.69, 9.17) is 4.18 Å². The van der Waals surface area contributed by atoms with E-state index in [1.54, 1.807) is 0 Å². The Bertz CT molecular complexity index is 655. The molecular weight excluding hydrogens is 288 g/mol. The molecule has 0 fully saturated rings. The van der Waals surface area contributed by atoms with Gasteiger partial charge in [0.05, 0.1) is 0 Å². The molecular formula is C20H19OS+. The summed E-state index contributed by atoms with van der Waals surface area (Å²) >= 11 is -0.392. The molecule has 1 atom stereocenters. The van der Waals surface area contributed by atoms with E-state index < -0.39 is 11.2 Å². The van der Waals surface area contributed by atoms with Gasteiger partial charge in [-0.05, 0) is 37.6 Å². The first-order chi connectivity index (χ1) is 10.8. The Morgan fingerprint density at radius 3 is 2.05 bits per heavy atom. The van der Waals surface area contributed by atoms with Crippen molar-refractivity contribution in [2.75, 3.05) is 0 Å². The van der Waals surface area contributed by atoms with Crippen LogP contribution in [0.15, 0.2) is 82.1 Å². The number of benzene rings is 2. The second-order valence-electron chi connectivity index (χ2n) is 5.13. The van der Waals surface area contributed by atoms with Crippen LogP contribution in [0.2, 0.25) is 0 Å². The summed E-state index contributed by atoms with van der Waals surface area (Å²) in [6, 6.07) is 20.8. The first-order valence-electron chi connectivity index (χ1n) is 7.55. The number of hydrogen-bond donors (Lipinski definition) is 0. The predicted molar refractivity (Wildman–Crippen MR) is 92.4 cm³/mol. The van der Waals surface area contributed by atoms with Gasteiger partial charge in [0, 0.05) is 12.0 Å². The highest BCUT2D eigenvalue weighted by Crippen LogP contribution is 2.27. The van der Waals surface area contributed by atoms with E-state index in [0.29, 0.717) is 0 Å². The zero-order chi connectivity index (χ0) is 15.2. The van der Waals surface area contributed by atoms with Crippen LogP contribution in [0.4, 0.5) is 0 Å². The highest BCUT2D eigenvalue weighted by molar-refractivity contribution is 7.92. The minimum absolute atomic E-state index is 0.0107. The molecule has 0 saturated heterocycles. The molecule has 1 aliphatic carbocycles. The van der Waals surface area contributed by atoms with Gasteiger partial charge in [0.2, 0.25) is 11.2 Å². The van der Waals surface area contributed by atoms with Gasteiger partial charge in [0.15, 0.2) is 9.79 Å². The van der Waals surface area contributed by atoms with Crippen molar-refractivity contribution in [2.24, 2.45) is 0 Å². The topological polar surface area (TPSA) is 9.23 Å². The largest absolute Gasteiger partial charge is 0.223 e. The van der Waals surface area contributed by atoms with E-state index in [9.17, 15) is 0 Å². The van der Waals surface area contributed by atoms with Gasteiger partial charge in [0.25, 0.3) is 0 Å². The average molecular weight is 307 g/mol. The van der Waals surface area contributed by atoms with Gasteiger partial charge in [0.1, 0.15) is 6.10 Å². The van der Waals surface area contributed by atoms with Gasteiger partial charge in [-0.15, -0.1) is 0 Å². The van der Waals surface area contributed by atoms with Crippen molar-refractivity contribution in [3.63, 3.8) is 0 Å². The van der Waals surface area contributed by atoms with E-state index in [1.165, 1.54) is 9.79 Å². The van der Waals surface area contributed by atoms with Gasteiger partial charge in [-0.3, -0.25) is 0 Å². The summed E-state index contributed by atoms with van der Waals surface area (Å²) in [5.74, 6) is 6.39. The normalized spacial score (nSPS) is 14.9. The molecule has 0 radical (unpaired) electrons. The third kappa shape index (κ3) is 3.62. The molecule has 0 N–H and O–H groups in total. The Balaban J connectivity index is 1.87. The lowest BCUT2D eigenvalue weighted by Crippen LogP contribution is -2.18. The zero-order valence-corrected chi connectivity index (χ0v) is 13.5. The average Bonchev–Trinajstić information content (AvgIpc) is 2.62. The van der Waals surface area contributed by atoms with Crippen molar-refractivity contribution in [3.8, 4) is 11.8 Å².